The monoisotopic (exact) mass is 429 g/mol. The lowest BCUT2D eigenvalue weighted by molar-refractivity contribution is 0.249. The Labute approximate surface area is 190 Å². The highest BCUT2D eigenvalue weighted by Gasteiger charge is 2.18. The summed E-state index contributed by atoms with van der Waals surface area (Å²) in [6, 6.07) is 26.8. The molecule has 0 saturated carbocycles. The number of ether oxygens (including phenoxy) is 1. The van der Waals surface area contributed by atoms with Crippen molar-refractivity contribution in [3.63, 3.8) is 0 Å². The van der Waals surface area contributed by atoms with E-state index in [9.17, 15) is 0 Å². The van der Waals surface area contributed by atoms with E-state index in [-0.39, 0.29) is 0 Å². The van der Waals surface area contributed by atoms with Gasteiger partial charge in [-0.2, -0.15) is 0 Å². The number of nitrogens with one attached hydrogen (secondary N) is 1. The van der Waals surface area contributed by atoms with E-state index in [1.807, 2.05) is 24.3 Å². The van der Waals surface area contributed by atoms with Crippen molar-refractivity contribution in [1.82, 2.24) is 4.90 Å². The van der Waals surface area contributed by atoms with Crippen LogP contribution in [0, 0.1) is 0 Å². The number of guanidine groups is 1. The third-order valence-corrected chi connectivity index (χ3v) is 5.77. The van der Waals surface area contributed by atoms with Gasteiger partial charge in [-0.15, -0.1) is 0 Å². The van der Waals surface area contributed by atoms with Gasteiger partial charge in [-0.3, -0.25) is 4.90 Å². The highest BCUT2D eigenvalue weighted by molar-refractivity contribution is 5.92. The predicted molar refractivity (Wildman–Crippen MR) is 132 cm³/mol. The number of hydrogen-bond donors (Lipinski definition) is 2. The van der Waals surface area contributed by atoms with Gasteiger partial charge >= 0.3 is 0 Å². The summed E-state index contributed by atoms with van der Waals surface area (Å²) >= 11 is 0. The lowest BCUT2D eigenvalue weighted by Gasteiger charge is -2.36. The minimum absolute atomic E-state index is 0.393. The molecule has 0 bridgehead atoms. The molecule has 0 aromatic heterocycles. The van der Waals surface area contributed by atoms with Crippen LogP contribution >= 0.6 is 0 Å². The summed E-state index contributed by atoms with van der Waals surface area (Å²) in [5.41, 5.74) is 10.8. The quantitative estimate of drug-likeness (QED) is 0.440. The maximum Gasteiger partial charge on any atom is 0.193 e. The molecule has 6 heteroatoms. The molecule has 1 heterocycles. The Morgan fingerprint density at radius 1 is 0.906 bits per heavy atom. The summed E-state index contributed by atoms with van der Waals surface area (Å²) in [6.07, 6.45) is 0. The Morgan fingerprint density at radius 2 is 1.62 bits per heavy atom. The highest BCUT2D eigenvalue weighted by atomic mass is 16.5. The largest absolute Gasteiger partial charge is 0.497 e. The van der Waals surface area contributed by atoms with E-state index in [2.05, 4.69) is 74.7 Å². The van der Waals surface area contributed by atoms with Gasteiger partial charge in [0.1, 0.15) is 5.75 Å². The van der Waals surface area contributed by atoms with Crippen molar-refractivity contribution in [2.45, 2.75) is 13.1 Å². The van der Waals surface area contributed by atoms with Crippen LogP contribution in [0.5, 0.6) is 5.75 Å². The van der Waals surface area contributed by atoms with Crippen LogP contribution in [0.3, 0.4) is 0 Å². The van der Waals surface area contributed by atoms with Gasteiger partial charge in [0, 0.05) is 50.2 Å². The first-order valence-corrected chi connectivity index (χ1v) is 11.0. The molecule has 0 aliphatic carbocycles. The van der Waals surface area contributed by atoms with Crippen molar-refractivity contribution in [3.05, 3.63) is 90.0 Å². The summed E-state index contributed by atoms with van der Waals surface area (Å²) in [5, 5.41) is 3.14. The van der Waals surface area contributed by atoms with Gasteiger partial charge in [0.05, 0.1) is 13.7 Å². The average molecular weight is 430 g/mol. The molecule has 3 N–H and O–H groups in total. The first-order chi connectivity index (χ1) is 15.7. The number of hydrogen-bond acceptors (Lipinski definition) is 4. The second kappa shape index (κ2) is 10.7. The van der Waals surface area contributed by atoms with Crippen molar-refractivity contribution < 1.29 is 4.74 Å². The summed E-state index contributed by atoms with van der Waals surface area (Å²) in [4.78, 5) is 9.54. The third-order valence-electron chi connectivity index (χ3n) is 5.77. The molecule has 1 fully saturated rings. The van der Waals surface area contributed by atoms with Crippen molar-refractivity contribution >= 4 is 17.3 Å². The Bertz CT molecular complexity index is 1030. The van der Waals surface area contributed by atoms with E-state index in [1.54, 1.807) is 7.11 Å². The Hall–Kier alpha value is -3.51. The number of methoxy groups -OCH3 is 1. The second-order valence-electron chi connectivity index (χ2n) is 7.93. The second-order valence-corrected chi connectivity index (χ2v) is 7.93. The Morgan fingerprint density at radius 3 is 2.38 bits per heavy atom. The van der Waals surface area contributed by atoms with Crippen molar-refractivity contribution in [1.29, 1.82) is 0 Å². The van der Waals surface area contributed by atoms with E-state index in [4.69, 9.17) is 10.5 Å². The number of para-hydroxylation sites is 1. The van der Waals surface area contributed by atoms with Gasteiger partial charge in [0.2, 0.25) is 0 Å². The van der Waals surface area contributed by atoms with E-state index >= 15 is 0 Å². The Kier molecular flexibility index (Phi) is 7.25. The number of rotatable bonds is 7. The van der Waals surface area contributed by atoms with Crippen LogP contribution in [0.4, 0.5) is 11.4 Å². The fourth-order valence-electron chi connectivity index (χ4n) is 3.97. The van der Waals surface area contributed by atoms with Crippen molar-refractivity contribution in [3.8, 4) is 5.75 Å². The van der Waals surface area contributed by atoms with Crippen LogP contribution in [0.2, 0.25) is 0 Å². The maximum absolute atomic E-state index is 6.13. The van der Waals surface area contributed by atoms with E-state index < -0.39 is 0 Å². The molecule has 0 amide bonds. The summed E-state index contributed by atoms with van der Waals surface area (Å²) in [5.74, 6) is 1.17. The maximum atomic E-state index is 6.13. The molecule has 1 saturated heterocycles. The molecule has 4 rings (SSSR count). The van der Waals surface area contributed by atoms with Crippen LogP contribution in [0.25, 0.3) is 0 Å². The number of nitrogens with two attached hydrogens (primary N) is 1. The van der Waals surface area contributed by atoms with E-state index in [0.29, 0.717) is 12.5 Å². The standard InChI is InChI=1S/C26H31N5O/c1-32-25-13-7-10-23(18-25)29-26(27)28-19-21-8-5-6-9-22(21)20-30-14-16-31(17-15-30)24-11-3-2-4-12-24/h2-13,18H,14-17,19-20H2,1H3,(H3,27,28,29). The first kappa shape index (κ1) is 21.7. The van der Waals surface area contributed by atoms with Crippen molar-refractivity contribution in [2.75, 3.05) is 43.5 Å². The molecule has 1 aliphatic rings. The van der Waals surface area contributed by atoms with Crippen LogP contribution in [0.1, 0.15) is 11.1 Å². The van der Waals surface area contributed by atoms with Crippen molar-refractivity contribution in [2.24, 2.45) is 10.7 Å². The average Bonchev–Trinajstić information content (AvgIpc) is 2.84. The van der Waals surface area contributed by atoms with Crippen LogP contribution in [0.15, 0.2) is 83.9 Å². The summed E-state index contributed by atoms with van der Waals surface area (Å²) in [6.45, 7) is 5.65. The molecule has 1 aliphatic heterocycles. The molecule has 3 aromatic rings. The minimum Gasteiger partial charge on any atom is -0.497 e. The number of aliphatic imine (C=N–C) groups is 1. The molecular weight excluding hydrogens is 398 g/mol. The fraction of sp³-hybridized carbons (Fsp3) is 0.269. The first-order valence-electron chi connectivity index (χ1n) is 11.0. The molecule has 0 atom stereocenters. The number of piperazine rings is 1. The van der Waals surface area contributed by atoms with Gasteiger partial charge in [-0.1, -0.05) is 48.5 Å². The van der Waals surface area contributed by atoms with Gasteiger partial charge < -0.3 is 20.7 Å². The lowest BCUT2D eigenvalue weighted by Crippen LogP contribution is -2.46. The van der Waals surface area contributed by atoms with Gasteiger partial charge in [-0.25, -0.2) is 4.99 Å². The minimum atomic E-state index is 0.393. The molecule has 32 heavy (non-hydrogen) atoms. The summed E-state index contributed by atoms with van der Waals surface area (Å²) in [7, 11) is 1.65. The molecule has 0 unspecified atom stereocenters. The highest BCUT2D eigenvalue weighted by Crippen LogP contribution is 2.19. The number of benzene rings is 3. The zero-order valence-corrected chi connectivity index (χ0v) is 18.6. The summed E-state index contributed by atoms with van der Waals surface area (Å²) < 4.78 is 5.26. The Balaban J connectivity index is 1.34. The molecular formula is C26H31N5O. The molecule has 6 nitrogen and oxygen atoms in total. The lowest BCUT2D eigenvalue weighted by atomic mass is 10.1. The number of nitrogens with zero attached hydrogens (tertiary/aromatic N) is 3. The zero-order chi connectivity index (χ0) is 22.2. The normalized spacial score (nSPS) is 14.9. The molecule has 0 radical (unpaired) electrons. The van der Waals surface area contributed by atoms with E-state index in [1.165, 1.54) is 16.8 Å². The van der Waals surface area contributed by atoms with E-state index in [0.717, 1.165) is 44.2 Å². The topological polar surface area (TPSA) is 66.1 Å². The molecule has 3 aromatic carbocycles. The van der Waals surface area contributed by atoms with Gasteiger partial charge in [0.25, 0.3) is 0 Å². The van der Waals surface area contributed by atoms with Gasteiger partial charge in [0.15, 0.2) is 5.96 Å². The fourth-order valence-corrected chi connectivity index (χ4v) is 3.97. The molecule has 166 valence electrons. The molecule has 0 spiro atoms. The van der Waals surface area contributed by atoms with Crippen LogP contribution in [-0.4, -0.2) is 44.1 Å². The van der Waals surface area contributed by atoms with Crippen LogP contribution in [-0.2, 0) is 13.1 Å². The van der Waals surface area contributed by atoms with Gasteiger partial charge in [-0.05, 0) is 35.4 Å². The van der Waals surface area contributed by atoms with Crippen LogP contribution < -0.4 is 20.7 Å². The predicted octanol–water partition coefficient (Wildman–Crippen LogP) is 3.94. The smallest absolute Gasteiger partial charge is 0.193 e. The SMILES string of the molecule is COc1cccc(NC(N)=NCc2ccccc2CN2CCN(c3ccccc3)CC2)c1. The number of anilines is 2. The zero-order valence-electron chi connectivity index (χ0n) is 18.6. The third kappa shape index (κ3) is 5.80.